The lowest BCUT2D eigenvalue weighted by molar-refractivity contribution is -0.139. The second kappa shape index (κ2) is 6.37. The lowest BCUT2D eigenvalue weighted by Gasteiger charge is -2.39. The summed E-state index contributed by atoms with van der Waals surface area (Å²) in [5.41, 5.74) is -1.03. The number of hydrogen-bond acceptors (Lipinski definition) is 2. The molecule has 0 spiro atoms. The normalized spacial score (nSPS) is 14.1. The van der Waals surface area contributed by atoms with E-state index in [0.717, 1.165) is 6.07 Å². The molecule has 1 rings (SSSR count). The van der Waals surface area contributed by atoms with Gasteiger partial charge in [0, 0.05) is 12.0 Å². The van der Waals surface area contributed by atoms with Gasteiger partial charge in [-0.2, -0.15) is 13.2 Å². The second-order valence-electron chi connectivity index (χ2n) is 8.61. The maximum absolute atomic E-state index is 13.4. The molecule has 138 valence electrons. The highest BCUT2D eigenvalue weighted by molar-refractivity contribution is 6.74. The van der Waals surface area contributed by atoms with Gasteiger partial charge >= 0.3 is 6.18 Å². The summed E-state index contributed by atoms with van der Waals surface area (Å²) in [6, 6.07) is 2.24. The summed E-state index contributed by atoms with van der Waals surface area (Å²) >= 11 is 0. The first kappa shape index (κ1) is 21.0. The molecule has 1 aromatic carbocycles. The third-order valence-corrected chi connectivity index (χ3v) is 9.45. The van der Waals surface area contributed by atoms with Crippen LogP contribution in [0.15, 0.2) is 12.1 Å². The molecular formula is C18H29F3O2Si. The highest BCUT2D eigenvalue weighted by atomic mass is 28.4. The number of rotatable bonds is 4. The molecule has 0 saturated heterocycles. The van der Waals surface area contributed by atoms with Crippen LogP contribution >= 0.6 is 0 Å². The van der Waals surface area contributed by atoms with E-state index in [2.05, 4.69) is 33.9 Å². The fraction of sp³-hybridized carbons (Fsp3) is 0.667. The SMILES string of the molecule is Cc1cc(C(C)(C)CO[Si](C)(C)C(C)(C)C)c(C(F)(F)F)cc1O. The van der Waals surface area contributed by atoms with Crippen LogP contribution in [0.1, 0.15) is 51.3 Å². The predicted molar refractivity (Wildman–Crippen MR) is 94.0 cm³/mol. The topological polar surface area (TPSA) is 29.5 Å². The van der Waals surface area contributed by atoms with Crippen LogP contribution < -0.4 is 0 Å². The Labute approximate surface area is 144 Å². The first-order chi connectivity index (χ1) is 10.5. The van der Waals surface area contributed by atoms with E-state index in [1.54, 1.807) is 20.8 Å². The molecule has 0 amide bonds. The Morgan fingerprint density at radius 3 is 1.92 bits per heavy atom. The number of hydrogen-bond donors (Lipinski definition) is 1. The largest absolute Gasteiger partial charge is 0.508 e. The molecule has 0 heterocycles. The molecule has 1 aromatic rings. The third kappa shape index (κ3) is 4.54. The van der Waals surface area contributed by atoms with Crippen molar-refractivity contribution in [2.24, 2.45) is 0 Å². The van der Waals surface area contributed by atoms with Crippen LogP contribution in [0.25, 0.3) is 0 Å². The van der Waals surface area contributed by atoms with Gasteiger partial charge in [-0.15, -0.1) is 0 Å². The highest BCUT2D eigenvalue weighted by Gasteiger charge is 2.42. The number of alkyl halides is 3. The standard InChI is InChI=1S/C18H29F3O2Si/c1-12-9-13(14(10-15(12)22)18(19,20)21)17(5,6)11-23-24(7,8)16(2,3)4/h9-10,22H,11H2,1-8H3. The van der Waals surface area contributed by atoms with Crippen molar-refractivity contribution in [2.45, 2.75) is 71.3 Å². The van der Waals surface area contributed by atoms with E-state index in [4.69, 9.17) is 4.43 Å². The number of benzene rings is 1. The van der Waals surface area contributed by atoms with Gasteiger partial charge in [0.1, 0.15) is 5.75 Å². The van der Waals surface area contributed by atoms with Crippen molar-refractivity contribution >= 4 is 8.32 Å². The maximum atomic E-state index is 13.4. The summed E-state index contributed by atoms with van der Waals surface area (Å²) in [6.45, 7) is 15.8. The summed E-state index contributed by atoms with van der Waals surface area (Å²) in [7, 11) is -2.07. The summed E-state index contributed by atoms with van der Waals surface area (Å²) < 4.78 is 46.4. The number of halogens is 3. The van der Waals surface area contributed by atoms with Crippen molar-refractivity contribution in [1.82, 2.24) is 0 Å². The molecule has 0 saturated carbocycles. The number of phenolic OH excluding ortho intramolecular Hbond substituents is 1. The molecule has 0 atom stereocenters. The molecule has 0 radical (unpaired) electrons. The van der Waals surface area contributed by atoms with Gasteiger partial charge in [-0.1, -0.05) is 40.7 Å². The zero-order valence-electron chi connectivity index (χ0n) is 15.9. The Kier molecular flexibility index (Phi) is 5.58. The smallest absolute Gasteiger partial charge is 0.416 e. The van der Waals surface area contributed by atoms with E-state index in [1.807, 2.05) is 0 Å². The van der Waals surface area contributed by atoms with Gasteiger partial charge in [0.2, 0.25) is 0 Å². The van der Waals surface area contributed by atoms with Gasteiger partial charge in [-0.05, 0) is 42.2 Å². The minimum atomic E-state index is -4.52. The Balaban J connectivity index is 3.26. The average molecular weight is 363 g/mol. The molecule has 2 nitrogen and oxygen atoms in total. The Hall–Kier alpha value is -1.01. The zero-order chi connectivity index (χ0) is 19.1. The van der Waals surface area contributed by atoms with Crippen LogP contribution in [0.2, 0.25) is 18.1 Å². The molecule has 24 heavy (non-hydrogen) atoms. The molecular weight excluding hydrogens is 333 g/mol. The monoisotopic (exact) mass is 362 g/mol. The minimum Gasteiger partial charge on any atom is -0.508 e. The summed E-state index contributed by atoms with van der Waals surface area (Å²) in [5.74, 6) is -0.341. The number of aromatic hydroxyl groups is 1. The molecule has 0 aliphatic carbocycles. The summed E-state index contributed by atoms with van der Waals surface area (Å²) in [5, 5.41) is 9.68. The fourth-order valence-electron chi connectivity index (χ4n) is 2.15. The Morgan fingerprint density at radius 2 is 1.50 bits per heavy atom. The van der Waals surface area contributed by atoms with E-state index >= 15 is 0 Å². The first-order valence-electron chi connectivity index (χ1n) is 8.04. The van der Waals surface area contributed by atoms with Gasteiger partial charge in [-0.3, -0.25) is 0 Å². The van der Waals surface area contributed by atoms with E-state index in [0.29, 0.717) is 5.56 Å². The molecule has 1 N–H and O–H groups in total. The van der Waals surface area contributed by atoms with E-state index in [-0.39, 0.29) is 23.0 Å². The number of phenols is 1. The van der Waals surface area contributed by atoms with Crippen molar-refractivity contribution in [3.05, 3.63) is 28.8 Å². The van der Waals surface area contributed by atoms with Crippen molar-refractivity contribution in [1.29, 1.82) is 0 Å². The van der Waals surface area contributed by atoms with Gasteiger partial charge in [-0.25, -0.2) is 0 Å². The van der Waals surface area contributed by atoms with Crippen molar-refractivity contribution < 1.29 is 22.7 Å². The highest BCUT2D eigenvalue weighted by Crippen LogP contribution is 2.42. The van der Waals surface area contributed by atoms with Crippen LogP contribution in [0.5, 0.6) is 5.75 Å². The third-order valence-electron chi connectivity index (χ3n) is 4.97. The van der Waals surface area contributed by atoms with Crippen LogP contribution in [0.3, 0.4) is 0 Å². The van der Waals surface area contributed by atoms with Crippen LogP contribution in [0.4, 0.5) is 13.2 Å². The first-order valence-corrected chi connectivity index (χ1v) is 10.9. The summed E-state index contributed by atoms with van der Waals surface area (Å²) in [6.07, 6.45) is -4.52. The van der Waals surface area contributed by atoms with Crippen molar-refractivity contribution in [3.8, 4) is 5.75 Å². The van der Waals surface area contributed by atoms with Gasteiger partial charge in [0.15, 0.2) is 8.32 Å². The molecule has 0 aliphatic rings. The zero-order valence-corrected chi connectivity index (χ0v) is 16.9. The minimum absolute atomic E-state index is 0.0131. The van der Waals surface area contributed by atoms with E-state index < -0.39 is 25.5 Å². The molecule has 0 unspecified atom stereocenters. The molecule has 0 bridgehead atoms. The molecule has 6 heteroatoms. The van der Waals surface area contributed by atoms with Crippen LogP contribution in [0, 0.1) is 6.92 Å². The van der Waals surface area contributed by atoms with Gasteiger partial charge < -0.3 is 9.53 Å². The maximum Gasteiger partial charge on any atom is 0.416 e. The average Bonchev–Trinajstić information content (AvgIpc) is 2.36. The molecule has 0 aliphatic heterocycles. The Morgan fingerprint density at radius 1 is 1.00 bits per heavy atom. The van der Waals surface area contributed by atoms with Crippen molar-refractivity contribution in [3.63, 3.8) is 0 Å². The van der Waals surface area contributed by atoms with E-state index in [9.17, 15) is 18.3 Å². The molecule has 0 fully saturated rings. The van der Waals surface area contributed by atoms with Gasteiger partial charge in [0.25, 0.3) is 0 Å². The summed E-state index contributed by atoms with van der Waals surface area (Å²) in [4.78, 5) is 0. The van der Waals surface area contributed by atoms with Crippen LogP contribution in [-0.2, 0) is 16.0 Å². The lowest BCUT2D eigenvalue weighted by atomic mass is 9.81. The van der Waals surface area contributed by atoms with Gasteiger partial charge in [0.05, 0.1) is 5.56 Å². The van der Waals surface area contributed by atoms with Crippen molar-refractivity contribution in [2.75, 3.05) is 6.61 Å². The lowest BCUT2D eigenvalue weighted by Crippen LogP contribution is -2.44. The Bertz CT molecular complexity index is 600. The quantitative estimate of drug-likeness (QED) is 0.664. The number of aryl methyl sites for hydroxylation is 1. The predicted octanol–water partition coefficient (Wildman–Crippen LogP) is 6.02. The molecule has 0 aromatic heterocycles. The second-order valence-corrected chi connectivity index (χ2v) is 13.4. The fourth-order valence-corrected chi connectivity index (χ4v) is 3.30. The van der Waals surface area contributed by atoms with E-state index in [1.165, 1.54) is 6.07 Å². The van der Waals surface area contributed by atoms with Crippen LogP contribution in [-0.4, -0.2) is 20.0 Å².